The predicted molar refractivity (Wildman–Crippen MR) is 100 cm³/mol. The zero-order valence-electron chi connectivity index (χ0n) is 15.1. The first-order valence-electron chi connectivity index (χ1n) is 8.28. The van der Waals surface area contributed by atoms with E-state index in [1.54, 1.807) is 24.1 Å². The Balaban J connectivity index is 1.98. The highest BCUT2D eigenvalue weighted by Gasteiger charge is 2.13. The number of carbonyl (C=O) groups excluding carboxylic acids is 1. The number of pyridine rings is 1. The van der Waals surface area contributed by atoms with Crippen LogP contribution in [-0.2, 0) is 6.54 Å². The largest absolute Gasteiger partial charge is 0.530 e. The van der Waals surface area contributed by atoms with Gasteiger partial charge in [0, 0.05) is 18.2 Å². The Morgan fingerprint density at radius 2 is 2.00 bits per heavy atom. The Hall–Kier alpha value is -3.61. The average Bonchev–Trinajstić information content (AvgIpc) is 3.12. The van der Waals surface area contributed by atoms with Crippen molar-refractivity contribution in [3.63, 3.8) is 0 Å². The van der Waals surface area contributed by atoms with E-state index in [1.165, 1.54) is 0 Å². The predicted octanol–water partition coefficient (Wildman–Crippen LogP) is 2.41. The lowest BCUT2D eigenvalue weighted by molar-refractivity contribution is -0.251. The van der Waals surface area contributed by atoms with E-state index in [-0.39, 0.29) is 6.54 Å². The summed E-state index contributed by atoms with van der Waals surface area (Å²) in [7, 11) is 1.57. The minimum absolute atomic E-state index is 0.196. The Morgan fingerprint density at radius 3 is 2.56 bits per heavy atom. The summed E-state index contributed by atoms with van der Waals surface area (Å²) in [6.45, 7) is 6.06. The molecule has 0 saturated heterocycles. The van der Waals surface area contributed by atoms with Crippen molar-refractivity contribution in [2.75, 3.05) is 7.11 Å². The maximum atomic E-state index is 10.5. The summed E-state index contributed by atoms with van der Waals surface area (Å²) >= 11 is 0. The first-order chi connectivity index (χ1) is 13.0. The van der Waals surface area contributed by atoms with Crippen molar-refractivity contribution in [1.82, 2.24) is 20.1 Å². The van der Waals surface area contributed by atoms with Gasteiger partial charge in [0.2, 0.25) is 5.88 Å². The maximum Gasteiger partial charge on any atom is 0.213 e. The second kappa shape index (κ2) is 7.74. The van der Waals surface area contributed by atoms with E-state index >= 15 is 0 Å². The first kappa shape index (κ1) is 18.2. The third kappa shape index (κ3) is 4.14. The number of ether oxygens (including phenoxy) is 1. The van der Waals surface area contributed by atoms with E-state index in [0.29, 0.717) is 5.88 Å². The molecule has 2 heterocycles. The van der Waals surface area contributed by atoms with Crippen LogP contribution in [0.5, 0.6) is 5.88 Å². The van der Waals surface area contributed by atoms with Gasteiger partial charge in [-0.25, -0.2) is 9.67 Å². The van der Waals surface area contributed by atoms with Crippen LogP contribution in [0.1, 0.15) is 18.2 Å². The van der Waals surface area contributed by atoms with Crippen molar-refractivity contribution in [3.05, 3.63) is 66.5 Å². The van der Waals surface area contributed by atoms with Gasteiger partial charge in [0.05, 0.1) is 30.4 Å². The molecule has 7 nitrogen and oxygen atoms in total. The second-order valence-electron chi connectivity index (χ2n) is 6.00. The van der Waals surface area contributed by atoms with Crippen LogP contribution in [0.3, 0.4) is 0 Å². The monoisotopic (exact) mass is 363 g/mol. The van der Waals surface area contributed by atoms with Crippen LogP contribution in [0, 0.1) is 0 Å². The summed E-state index contributed by atoms with van der Waals surface area (Å²) in [4.78, 5) is 14.8. The van der Waals surface area contributed by atoms with E-state index in [4.69, 9.17) is 4.74 Å². The first-order valence-corrected chi connectivity index (χ1v) is 8.28. The minimum atomic E-state index is -1.30. The van der Waals surface area contributed by atoms with Gasteiger partial charge in [-0.2, -0.15) is 5.10 Å². The van der Waals surface area contributed by atoms with Crippen LogP contribution in [0.25, 0.3) is 22.5 Å². The Kier molecular flexibility index (Phi) is 5.21. The molecule has 0 aliphatic carbocycles. The molecule has 1 amide bonds. The molecule has 3 rings (SSSR count). The van der Waals surface area contributed by atoms with Gasteiger partial charge in [-0.3, -0.25) is 0 Å². The van der Waals surface area contributed by atoms with Crippen LogP contribution in [0.2, 0.25) is 0 Å². The SMILES string of the molecule is C=C(C)c1cc(-c2ccc(CNC(=O)[O-])cc2)n(-c2ccc(OC)nc2)n1. The van der Waals surface area contributed by atoms with E-state index < -0.39 is 6.09 Å². The smallest absolute Gasteiger partial charge is 0.213 e. The number of amides is 1. The van der Waals surface area contributed by atoms with E-state index in [2.05, 4.69) is 22.0 Å². The topological polar surface area (TPSA) is 92.1 Å². The average molecular weight is 363 g/mol. The van der Waals surface area contributed by atoms with Crippen molar-refractivity contribution in [1.29, 1.82) is 0 Å². The normalized spacial score (nSPS) is 10.4. The molecule has 0 spiro atoms. The zero-order chi connectivity index (χ0) is 19.4. The fraction of sp³-hybridized carbons (Fsp3) is 0.150. The van der Waals surface area contributed by atoms with Crippen molar-refractivity contribution in [2.45, 2.75) is 13.5 Å². The third-order valence-corrected chi connectivity index (χ3v) is 4.01. The fourth-order valence-electron chi connectivity index (χ4n) is 2.58. The Bertz CT molecular complexity index is 960. The molecule has 1 N–H and O–H groups in total. The summed E-state index contributed by atoms with van der Waals surface area (Å²) in [6.07, 6.45) is 0.394. The Morgan fingerprint density at radius 1 is 1.26 bits per heavy atom. The third-order valence-electron chi connectivity index (χ3n) is 4.01. The van der Waals surface area contributed by atoms with Gasteiger partial charge in [0.15, 0.2) is 0 Å². The van der Waals surface area contributed by atoms with Crippen molar-refractivity contribution < 1.29 is 14.6 Å². The molecular weight excluding hydrogens is 344 g/mol. The quantitative estimate of drug-likeness (QED) is 0.726. The number of methoxy groups -OCH3 is 1. The van der Waals surface area contributed by atoms with Gasteiger partial charge in [-0.15, -0.1) is 0 Å². The molecule has 27 heavy (non-hydrogen) atoms. The van der Waals surface area contributed by atoms with Gasteiger partial charge < -0.3 is 20.0 Å². The number of rotatable bonds is 6. The summed E-state index contributed by atoms with van der Waals surface area (Å²) < 4.78 is 6.91. The second-order valence-corrected chi connectivity index (χ2v) is 6.00. The molecule has 138 valence electrons. The molecule has 0 fully saturated rings. The highest BCUT2D eigenvalue weighted by Crippen LogP contribution is 2.27. The van der Waals surface area contributed by atoms with Crippen LogP contribution in [0.15, 0.2) is 55.2 Å². The number of carbonyl (C=O) groups is 1. The molecule has 0 radical (unpaired) electrons. The van der Waals surface area contributed by atoms with E-state index in [1.807, 2.05) is 43.3 Å². The fourth-order valence-corrected chi connectivity index (χ4v) is 2.58. The number of hydrogen-bond acceptors (Lipinski definition) is 5. The molecule has 7 heteroatoms. The van der Waals surface area contributed by atoms with E-state index in [9.17, 15) is 9.90 Å². The molecule has 1 aromatic carbocycles. The number of hydrogen-bond donors (Lipinski definition) is 1. The number of nitrogens with zero attached hydrogens (tertiary/aromatic N) is 3. The zero-order valence-corrected chi connectivity index (χ0v) is 15.1. The van der Waals surface area contributed by atoms with Crippen LogP contribution >= 0.6 is 0 Å². The van der Waals surface area contributed by atoms with Crippen molar-refractivity contribution >= 4 is 11.7 Å². The summed E-state index contributed by atoms with van der Waals surface area (Å²) in [6, 6.07) is 13.2. The molecule has 0 atom stereocenters. The molecule has 0 unspecified atom stereocenters. The highest BCUT2D eigenvalue weighted by atomic mass is 16.5. The van der Waals surface area contributed by atoms with Gasteiger partial charge in [-0.05, 0) is 30.2 Å². The van der Waals surface area contributed by atoms with Crippen LogP contribution in [0.4, 0.5) is 4.79 Å². The molecule has 0 saturated carbocycles. The summed E-state index contributed by atoms with van der Waals surface area (Å²) in [5.41, 5.74) is 5.07. The van der Waals surface area contributed by atoms with Gasteiger partial charge in [0.25, 0.3) is 0 Å². The number of benzene rings is 1. The van der Waals surface area contributed by atoms with Gasteiger partial charge in [-0.1, -0.05) is 30.8 Å². The molecule has 0 bridgehead atoms. The maximum absolute atomic E-state index is 10.5. The summed E-state index contributed by atoms with van der Waals surface area (Å²) in [5.74, 6) is 0.525. The number of aromatic nitrogens is 3. The van der Waals surface area contributed by atoms with Gasteiger partial charge in [0.1, 0.15) is 6.09 Å². The Labute approximate surface area is 156 Å². The molecular formula is C20H19N4O3-. The lowest BCUT2D eigenvalue weighted by Gasteiger charge is -2.10. The van der Waals surface area contributed by atoms with Crippen molar-refractivity contribution in [2.24, 2.45) is 0 Å². The minimum Gasteiger partial charge on any atom is -0.530 e. The lowest BCUT2D eigenvalue weighted by Crippen LogP contribution is -2.35. The van der Waals surface area contributed by atoms with Crippen molar-refractivity contribution in [3.8, 4) is 22.8 Å². The lowest BCUT2D eigenvalue weighted by atomic mass is 10.1. The molecule has 0 aliphatic rings. The highest BCUT2D eigenvalue weighted by molar-refractivity contribution is 5.69. The van der Waals surface area contributed by atoms with E-state index in [0.717, 1.165) is 33.8 Å². The number of carboxylic acid groups (broad SMARTS) is 1. The van der Waals surface area contributed by atoms with Crippen LogP contribution < -0.4 is 15.2 Å². The molecule has 3 aromatic rings. The standard InChI is InChI=1S/C20H20N4O3/c1-13(2)17-10-18(15-6-4-14(5-7-15)11-22-20(25)26)24(23-17)16-8-9-19(27-3)21-12-16/h4-10,12,22H,1,11H2,2-3H3,(H,25,26)/p-1. The molecule has 2 aromatic heterocycles. The number of nitrogens with one attached hydrogen (secondary N) is 1. The molecule has 0 aliphatic heterocycles. The summed E-state index contributed by atoms with van der Waals surface area (Å²) in [5, 5.41) is 17.4. The number of allylic oxidation sites excluding steroid dienone is 1. The van der Waals surface area contributed by atoms with Gasteiger partial charge >= 0.3 is 0 Å². The van der Waals surface area contributed by atoms with Crippen LogP contribution in [-0.4, -0.2) is 28.0 Å².